The van der Waals surface area contributed by atoms with Gasteiger partial charge >= 0.3 is 6.03 Å². The van der Waals surface area contributed by atoms with Gasteiger partial charge in [0.25, 0.3) is 0 Å². The molecule has 6 nitrogen and oxygen atoms in total. The number of rotatable bonds is 2. The molecule has 3 aromatic rings. The van der Waals surface area contributed by atoms with Gasteiger partial charge in [-0.25, -0.2) is 9.79 Å². The van der Waals surface area contributed by atoms with Gasteiger partial charge in [0, 0.05) is 32.2 Å². The minimum absolute atomic E-state index is 0.0290. The van der Waals surface area contributed by atoms with Crippen molar-refractivity contribution in [1.29, 1.82) is 0 Å². The number of amides is 2. The third-order valence-corrected chi connectivity index (χ3v) is 6.16. The third-order valence-electron chi connectivity index (χ3n) is 6.16. The lowest BCUT2D eigenvalue weighted by Gasteiger charge is -2.41. The van der Waals surface area contributed by atoms with Crippen LogP contribution in [0.3, 0.4) is 0 Å². The maximum absolute atomic E-state index is 12.9. The maximum atomic E-state index is 12.9. The molecule has 0 unspecified atom stereocenters. The van der Waals surface area contributed by atoms with Crippen molar-refractivity contribution in [3.63, 3.8) is 0 Å². The van der Waals surface area contributed by atoms with Crippen molar-refractivity contribution >= 4 is 17.6 Å². The molecule has 2 aliphatic heterocycles. The number of para-hydroxylation sites is 2. The van der Waals surface area contributed by atoms with Gasteiger partial charge in [-0.15, -0.1) is 0 Å². The summed E-state index contributed by atoms with van der Waals surface area (Å²) in [5.74, 6) is 2.46. The maximum Gasteiger partial charge on any atom is 0.318 e. The van der Waals surface area contributed by atoms with Crippen molar-refractivity contribution in [2.75, 3.05) is 19.6 Å². The minimum atomic E-state index is -0.0290. The first-order valence-electron chi connectivity index (χ1n) is 11.4. The Morgan fingerprint density at radius 1 is 1.03 bits per heavy atom. The first-order chi connectivity index (χ1) is 16.1. The Morgan fingerprint density at radius 2 is 1.82 bits per heavy atom. The van der Waals surface area contributed by atoms with Crippen LogP contribution in [0.4, 0.5) is 10.5 Å². The molecule has 2 heterocycles. The Kier molecular flexibility index (Phi) is 5.73. The molecular formula is C27H28N4O2. The van der Waals surface area contributed by atoms with Crippen LogP contribution < -0.4 is 10.1 Å². The third kappa shape index (κ3) is 4.42. The molecule has 0 radical (unpaired) electrons. The molecule has 0 spiro atoms. The van der Waals surface area contributed by atoms with Crippen LogP contribution >= 0.6 is 0 Å². The van der Waals surface area contributed by atoms with Crippen LogP contribution in [-0.4, -0.2) is 47.3 Å². The highest BCUT2D eigenvalue weighted by atomic mass is 16.5. The SMILES string of the molecule is Cc1ccc2c(c1)C(N1CCN(C(=O)NCc3ccccc3)[C@@H](C)C1)=Nc1ccccc1O2. The van der Waals surface area contributed by atoms with Gasteiger partial charge in [0.2, 0.25) is 0 Å². The van der Waals surface area contributed by atoms with E-state index in [-0.39, 0.29) is 12.1 Å². The van der Waals surface area contributed by atoms with Gasteiger partial charge in [-0.05, 0) is 43.7 Å². The van der Waals surface area contributed by atoms with Gasteiger partial charge in [0.1, 0.15) is 17.3 Å². The van der Waals surface area contributed by atoms with Crippen LogP contribution in [0.25, 0.3) is 0 Å². The Hall–Kier alpha value is -3.80. The first-order valence-corrected chi connectivity index (χ1v) is 11.4. The van der Waals surface area contributed by atoms with Gasteiger partial charge in [0.05, 0.1) is 5.56 Å². The molecule has 1 saturated heterocycles. The Labute approximate surface area is 194 Å². The van der Waals surface area contributed by atoms with Crippen molar-refractivity contribution in [3.05, 3.63) is 89.5 Å². The Bertz CT molecular complexity index is 1190. The summed E-state index contributed by atoms with van der Waals surface area (Å²) in [7, 11) is 0. The van der Waals surface area contributed by atoms with E-state index in [1.165, 1.54) is 0 Å². The number of carbonyl (C=O) groups excluding carboxylic acids is 1. The Balaban J connectivity index is 1.35. The molecule has 2 aliphatic rings. The lowest BCUT2D eigenvalue weighted by molar-refractivity contribution is 0.134. The summed E-state index contributed by atoms with van der Waals surface area (Å²) in [6.07, 6.45) is 0. The number of amidine groups is 1. The molecule has 5 rings (SSSR count). The van der Waals surface area contributed by atoms with Crippen LogP contribution in [0.5, 0.6) is 11.5 Å². The molecule has 0 bridgehead atoms. The number of fused-ring (bicyclic) bond motifs is 2. The summed E-state index contributed by atoms with van der Waals surface area (Å²) >= 11 is 0. The van der Waals surface area contributed by atoms with Crippen molar-refractivity contribution in [3.8, 4) is 11.5 Å². The average Bonchev–Trinajstić information content (AvgIpc) is 2.99. The zero-order valence-electron chi connectivity index (χ0n) is 19.0. The Morgan fingerprint density at radius 3 is 2.64 bits per heavy atom. The molecule has 0 saturated carbocycles. The fourth-order valence-corrected chi connectivity index (χ4v) is 4.40. The quantitative estimate of drug-likeness (QED) is 0.604. The van der Waals surface area contributed by atoms with Crippen molar-refractivity contribution < 1.29 is 9.53 Å². The summed E-state index contributed by atoms with van der Waals surface area (Å²) in [6, 6.07) is 24.1. The molecule has 0 aliphatic carbocycles. The molecular weight excluding hydrogens is 412 g/mol. The van der Waals surface area contributed by atoms with E-state index in [0.29, 0.717) is 26.2 Å². The number of nitrogens with one attached hydrogen (secondary N) is 1. The largest absolute Gasteiger partial charge is 0.454 e. The number of piperazine rings is 1. The van der Waals surface area contributed by atoms with Crippen LogP contribution in [-0.2, 0) is 6.54 Å². The summed E-state index contributed by atoms with van der Waals surface area (Å²) in [4.78, 5) is 22.1. The number of hydrogen-bond acceptors (Lipinski definition) is 4. The lowest BCUT2D eigenvalue weighted by atomic mass is 10.1. The molecule has 168 valence electrons. The van der Waals surface area contributed by atoms with Crippen molar-refractivity contribution in [2.45, 2.75) is 26.4 Å². The van der Waals surface area contributed by atoms with Gasteiger partial charge in [-0.3, -0.25) is 0 Å². The van der Waals surface area contributed by atoms with Gasteiger partial charge < -0.3 is 19.9 Å². The van der Waals surface area contributed by atoms with Crippen molar-refractivity contribution in [1.82, 2.24) is 15.1 Å². The highest BCUT2D eigenvalue weighted by Crippen LogP contribution is 2.38. The normalized spacial score (nSPS) is 17.3. The molecule has 33 heavy (non-hydrogen) atoms. The summed E-state index contributed by atoms with van der Waals surface area (Å²) in [5, 5.41) is 3.06. The van der Waals surface area contributed by atoms with E-state index in [1.54, 1.807) is 0 Å². The fraction of sp³-hybridized carbons (Fsp3) is 0.259. The predicted octanol–water partition coefficient (Wildman–Crippen LogP) is 5.09. The molecule has 3 aromatic carbocycles. The molecule has 2 amide bonds. The number of ether oxygens (including phenoxy) is 1. The topological polar surface area (TPSA) is 57.2 Å². The number of benzene rings is 3. The van der Waals surface area contributed by atoms with E-state index in [2.05, 4.69) is 36.2 Å². The molecule has 0 aromatic heterocycles. The van der Waals surface area contributed by atoms with Crippen LogP contribution in [0.1, 0.15) is 23.6 Å². The number of nitrogens with zero attached hydrogens (tertiary/aromatic N) is 3. The second kappa shape index (κ2) is 8.98. The molecule has 6 heteroatoms. The van der Waals surface area contributed by atoms with Gasteiger partial charge in [-0.2, -0.15) is 0 Å². The van der Waals surface area contributed by atoms with E-state index >= 15 is 0 Å². The van der Waals surface area contributed by atoms with Gasteiger partial charge in [0.15, 0.2) is 5.75 Å². The first kappa shape index (κ1) is 21.1. The zero-order chi connectivity index (χ0) is 22.8. The second-order valence-electron chi connectivity index (χ2n) is 8.64. The summed E-state index contributed by atoms with van der Waals surface area (Å²) < 4.78 is 6.22. The molecule has 1 N–H and O–H groups in total. The number of carbonyl (C=O) groups is 1. The van der Waals surface area contributed by atoms with E-state index in [9.17, 15) is 4.79 Å². The zero-order valence-corrected chi connectivity index (χ0v) is 19.0. The number of hydrogen-bond donors (Lipinski definition) is 1. The van der Waals surface area contributed by atoms with E-state index in [1.807, 2.05) is 65.6 Å². The second-order valence-corrected chi connectivity index (χ2v) is 8.64. The number of urea groups is 1. The lowest BCUT2D eigenvalue weighted by Crippen LogP contribution is -2.57. The van der Waals surface area contributed by atoms with Crippen LogP contribution in [0.2, 0.25) is 0 Å². The smallest absolute Gasteiger partial charge is 0.318 e. The molecule has 1 fully saturated rings. The highest BCUT2D eigenvalue weighted by molar-refractivity contribution is 6.04. The highest BCUT2D eigenvalue weighted by Gasteiger charge is 2.31. The van der Waals surface area contributed by atoms with Crippen LogP contribution in [0, 0.1) is 6.92 Å². The number of aliphatic imine (C=N–C) groups is 1. The van der Waals surface area contributed by atoms with E-state index < -0.39 is 0 Å². The number of aryl methyl sites for hydroxylation is 1. The molecule has 1 atom stereocenters. The van der Waals surface area contributed by atoms with Crippen molar-refractivity contribution in [2.24, 2.45) is 4.99 Å². The van der Waals surface area contributed by atoms with E-state index in [4.69, 9.17) is 9.73 Å². The minimum Gasteiger partial charge on any atom is -0.454 e. The average molecular weight is 441 g/mol. The van der Waals surface area contributed by atoms with Gasteiger partial charge in [-0.1, -0.05) is 54.1 Å². The monoisotopic (exact) mass is 440 g/mol. The predicted molar refractivity (Wildman–Crippen MR) is 130 cm³/mol. The fourth-order valence-electron chi connectivity index (χ4n) is 4.40. The summed E-state index contributed by atoms with van der Waals surface area (Å²) in [5.41, 5.74) is 4.05. The van der Waals surface area contributed by atoms with Crippen LogP contribution in [0.15, 0.2) is 77.8 Å². The van der Waals surface area contributed by atoms with E-state index in [0.717, 1.165) is 39.7 Å². The summed E-state index contributed by atoms with van der Waals surface area (Å²) in [6.45, 7) is 6.73. The standard InChI is InChI=1S/C27H28N4O2/c1-19-12-13-24-22(16-19)26(29-23-10-6-7-11-25(23)33-24)30-14-15-31(20(2)18-30)27(32)28-17-21-8-4-3-5-9-21/h3-13,16,20H,14-15,17-18H2,1-2H3,(H,28,32)/t20-/m0/s1.